The van der Waals surface area contributed by atoms with E-state index in [4.69, 9.17) is 9.47 Å². The molecule has 30 heavy (non-hydrogen) atoms. The van der Waals surface area contributed by atoms with Crippen molar-refractivity contribution in [3.8, 4) is 11.1 Å². The van der Waals surface area contributed by atoms with Crippen molar-refractivity contribution in [2.24, 2.45) is 0 Å². The molecule has 0 radical (unpaired) electrons. The van der Waals surface area contributed by atoms with Crippen molar-refractivity contribution in [1.82, 2.24) is 9.97 Å². The number of aryl methyl sites for hydroxylation is 2. The predicted octanol–water partition coefficient (Wildman–Crippen LogP) is 4.06. The summed E-state index contributed by atoms with van der Waals surface area (Å²) in [5, 5.41) is 2.95. The number of nitrogens with zero attached hydrogens (tertiary/aromatic N) is 1. The van der Waals surface area contributed by atoms with Gasteiger partial charge in [-0.25, -0.2) is 4.79 Å². The molecule has 0 saturated carbocycles. The average molecular weight is 407 g/mol. The van der Waals surface area contributed by atoms with Gasteiger partial charge in [0, 0.05) is 30.9 Å². The van der Waals surface area contributed by atoms with Crippen LogP contribution >= 0.6 is 0 Å². The fraction of sp³-hybridized carbons (Fsp3) is 0.261. The van der Waals surface area contributed by atoms with Crippen LogP contribution < -0.4 is 5.32 Å². The summed E-state index contributed by atoms with van der Waals surface area (Å²) in [6, 6.07) is 9.70. The number of nitrogens with one attached hydrogen (secondary N) is 2. The second kappa shape index (κ2) is 9.37. The lowest BCUT2D eigenvalue weighted by molar-refractivity contribution is 0.0387. The number of aromatic nitrogens is 2. The molecule has 2 N–H and O–H groups in total. The van der Waals surface area contributed by atoms with Crippen molar-refractivity contribution in [2.45, 2.75) is 20.8 Å². The van der Waals surface area contributed by atoms with Crippen LogP contribution in [0.1, 0.15) is 37.7 Å². The number of rotatable bonds is 7. The zero-order valence-electron chi connectivity index (χ0n) is 17.5. The first-order valence-corrected chi connectivity index (χ1v) is 9.60. The molecule has 1 amide bonds. The van der Waals surface area contributed by atoms with E-state index in [2.05, 4.69) is 15.3 Å². The Bertz CT molecular complexity index is 1060. The van der Waals surface area contributed by atoms with Crippen molar-refractivity contribution < 1.29 is 19.1 Å². The highest BCUT2D eigenvalue weighted by atomic mass is 16.6. The number of H-pyrrole nitrogens is 1. The van der Waals surface area contributed by atoms with E-state index < -0.39 is 5.97 Å². The minimum atomic E-state index is -0.479. The van der Waals surface area contributed by atoms with Crippen LogP contribution in [0.15, 0.2) is 42.7 Å². The molecule has 2 aromatic heterocycles. The van der Waals surface area contributed by atoms with Crippen LogP contribution in [0.4, 0.5) is 5.69 Å². The Kier molecular flexibility index (Phi) is 6.64. The Morgan fingerprint density at radius 3 is 2.47 bits per heavy atom. The summed E-state index contributed by atoms with van der Waals surface area (Å²) in [5.41, 5.74) is 5.45. The van der Waals surface area contributed by atoms with Crippen LogP contribution in [-0.2, 0) is 9.47 Å². The molecule has 0 aliphatic rings. The van der Waals surface area contributed by atoms with Crippen LogP contribution in [-0.4, -0.2) is 42.2 Å². The van der Waals surface area contributed by atoms with E-state index in [1.54, 1.807) is 26.2 Å². The normalized spacial score (nSPS) is 10.7. The lowest BCUT2D eigenvalue weighted by Crippen LogP contribution is -2.15. The van der Waals surface area contributed by atoms with Crippen molar-refractivity contribution in [3.05, 3.63) is 70.8 Å². The maximum Gasteiger partial charge on any atom is 0.340 e. The van der Waals surface area contributed by atoms with Gasteiger partial charge in [0.25, 0.3) is 5.91 Å². The molecule has 7 heteroatoms. The highest BCUT2D eigenvalue weighted by Gasteiger charge is 2.23. The second-order valence-corrected chi connectivity index (χ2v) is 6.97. The van der Waals surface area contributed by atoms with Gasteiger partial charge in [-0.2, -0.15) is 0 Å². The van der Waals surface area contributed by atoms with E-state index in [1.165, 1.54) is 7.11 Å². The summed E-state index contributed by atoms with van der Waals surface area (Å²) in [7, 11) is 1.54. The van der Waals surface area contributed by atoms with E-state index in [9.17, 15) is 9.59 Å². The molecular weight excluding hydrogens is 382 g/mol. The number of anilines is 1. The third-order valence-corrected chi connectivity index (χ3v) is 4.89. The molecule has 0 atom stereocenters. The van der Waals surface area contributed by atoms with Gasteiger partial charge in [0.1, 0.15) is 12.3 Å². The van der Waals surface area contributed by atoms with E-state index in [-0.39, 0.29) is 12.5 Å². The first-order chi connectivity index (χ1) is 14.4. The van der Waals surface area contributed by atoms with Crippen molar-refractivity contribution in [1.29, 1.82) is 0 Å². The van der Waals surface area contributed by atoms with Crippen molar-refractivity contribution in [3.63, 3.8) is 0 Å². The molecule has 156 valence electrons. The molecule has 0 bridgehead atoms. The number of ether oxygens (including phenoxy) is 2. The van der Waals surface area contributed by atoms with Crippen molar-refractivity contribution >= 4 is 17.6 Å². The summed E-state index contributed by atoms with van der Waals surface area (Å²) >= 11 is 0. The van der Waals surface area contributed by atoms with E-state index in [0.29, 0.717) is 34.8 Å². The van der Waals surface area contributed by atoms with Gasteiger partial charge in [0.2, 0.25) is 0 Å². The number of methoxy groups -OCH3 is 1. The van der Waals surface area contributed by atoms with Gasteiger partial charge in [0.15, 0.2) is 0 Å². The van der Waals surface area contributed by atoms with Crippen molar-refractivity contribution in [2.75, 3.05) is 25.6 Å². The Morgan fingerprint density at radius 1 is 1.03 bits per heavy atom. The lowest BCUT2D eigenvalue weighted by Gasteiger charge is -2.11. The fourth-order valence-electron chi connectivity index (χ4n) is 3.24. The standard InChI is InChI=1S/C23H25N3O4/c1-14-5-6-18(17-7-9-24-10-8-17)13-19(14)26-22(27)21-15(2)20(16(3)25-21)23(28)30-12-11-29-4/h5-10,13,25H,11-12H2,1-4H3,(H,26,27). The number of amides is 1. The maximum absolute atomic E-state index is 13.0. The highest BCUT2D eigenvalue weighted by Crippen LogP contribution is 2.26. The maximum atomic E-state index is 13.0. The summed E-state index contributed by atoms with van der Waals surface area (Å²) in [5.74, 6) is -0.797. The molecule has 0 aliphatic carbocycles. The number of esters is 1. The monoisotopic (exact) mass is 407 g/mol. The summed E-state index contributed by atoms with van der Waals surface area (Å²) < 4.78 is 10.1. The Labute approximate surface area is 175 Å². The van der Waals surface area contributed by atoms with Gasteiger partial charge >= 0.3 is 5.97 Å². The molecular formula is C23H25N3O4. The number of pyridine rings is 1. The minimum absolute atomic E-state index is 0.155. The highest BCUT2D eigenvalue weighted by molar-refractivity contribution is 6.07. The van der Waals surface area contributed by atoms with Crippen LogP contribution in [0.3, 0.4) is 0 Å². The van der Waals surface area contributed by atoms with Crippen LogP contribution in [0.2, 0.25) is 0 Å². The van der Waals surface area contributed by atoms with Gasteiger partial charge in [0.05, 0.1) is 12.2 Å². The molecule has 3 rings (SSSR count). The van der Waals surface area contributed by atoms with Crippen LogP contribution in [0.25, 0.3) is 11.1 Å². The SMILES string of the molecule is COCCOC(=O)c1c(C)[nH]c(C(=O)Nc2cc(-c3ccncc3)ccc2C)c1C. The third-order valence-electron chi connectivity index (χ3n) is 4.89. The molecule has 0 aliphatic heterocycles. The summed E-state index contributed by atoms with van der Waals surface area (Å²) in [6.07, 6.45) is 3.46. The first kappa shape index (κ1) is 21.3. The molecule has 0 unspecified atom stereocenters. The summed E-state index contributed by atoms with van der Waals surface area (Å²) in [6.45, 7) is 5.87. The predicted molar refractivity (Wildman–Crippen MR) is 115 cm³/mol. The topological polar surface area (TPSA) is 93.3 Å². The Hall–Kier alpha value is -3.45. The largest absolute Gasteiger partial charge is 0.460 e. The van der Waals surface area contributed by atoms with E-state index >= 15 is 0 Å². The second-order valence-electron chi connectivity index (χ2n) is 6.97. The number of hydrogen-bond donors (Lipinski definition) is 2. The molecule has 0 saturated heterocycles. The van der Waals surface area contributed by atoms with E-state index in [1.807, 2.05) is 37.3 Å². The molecule has 3 aromatic rings. The molecule has 0 fully saturated rings. The Balaban J connectivity index is 1.83. The zero-order valence-corrected chi connectivity index (χ0v) is 17.5. The molecule has 7 nitrogen and oxygen atoms in total. The first-order valence-electron chi connectivity index (χ1n) is 9.60. The van der Waals surface area contributed by atoms with Gasteiger partial charge in [-0.3, -0.25) is 9.78 Å². The zero-order chi connectivity index (χ0) is 21.7. The smallest absolute Gasteiger partial charge is 0.340 e. The van der Waals surface area contributed by atoms with Crippen LogP contribution in [0.5, 0.6) is 0 Å². The molecule has 0 spiro atoms. The van der Waals surface area contributed by atoms with E-state index in [0.717, 1.165) is 16.7 Å². The average Bonchev–Trinajstić information content (AvgIpc) is 3.04. The number of hydrogen-bond acceptors (Lipinski definition) is 5. The lowest BCUT2D eigenvalue weighted by atomic mass is 10.0. The molecule has 2 heterocycles. The number of carbonyl (C=O) groups is 2. The number of carbonyl (C=O) groups excluding carboxylic acids is 2. The third kappa shape index (κ3) is 4.58. The van der Waals surface area contributed by atoms with Gasteiger partial charge in [-0.05, 0) is 61.2 Å². The van der Waals surface area contributed by atoms with Crippen LogP contribution in [0, 0.1) is 20.8 Å². The number of benzene rings is 1. The quantitative estimate of drug-likeness (QED) is 0.455. The number of aromatic amines is 1. The van der Waals surface area contributed by atoms with Gasteiger partial charge in [-0.1, -0.05) is 12.1 Å². The fourth-order valence-corrected chi connectivity index (χ4v) is 3.24. The van der Waals surface area contributed by atoms with Gasteiger partial charge in [-0.15, -0.1) is 0 Å². The Morgan fingerprint density at radius 2 is 1.77 bits per heavy atom. The van der Waals surface area contributed by atoms with Gasteiger partial charge < -0.3 is 19.8 Å². The summed E-state index contributed by atoms with van der Waals surface area (Å²) in [4.78, 5) is 32.4. The molecule has 1 aromatic carbocycles. The minimum Gasteiger partial charge on any atom is -0.460 e.